The minimum atomic E-state index is -0.688. The summed E-state index contributed by atoms with van der Waals surface area (Å²) in [7, 11) is 0. The van der Waals surface area contributed by atoms with E-state index in [9.17, 15) is 24.0 Å². The van der Waals surface area contributed by atoms with Crippen molar-refractivity contribution < 1.29 is 24.0 Å². The van der Waals surface area contributed by atoms with E-state index >= 15 is 0 Å². The van der Waals surface area contributed by atoms with Gasteiger partial charge in [-0.25, -0.2) is 4.79 Å². The number of nitrogens with zero attached hydrogens (tertiary/aromatic N) is 1. The van der Waals surface area contributed by atoms with Gasteiger partial charge in [0.25, 0.3) is 0 Å². The van der Waals surface area contributed by atoms with Gasteiger partial charge in [0.05, 0.1) is 4.55 Å². The van der Waals surface area contributed by atoms with Crippen LogP contribution in [0.4, 0.5) is 4.79 Å². The van der Waals surface area contributed by atoms with Crippen LogP contribution in [0.5, 0.6) is 0 Å². The number of nitrogens with one attached hydrogen (secondary N) is 3. The van der Waals surface area contributed by atoms with E-state index in [1.807, 2.05) is 22.6 Å². The molecule has 0 unspecified atom stereocenters. The van der Waals surface area contributed by atoms with Crippen molar-refractivity contribution in [2.75, 3.05) is 17.6 Å². The molecule has 0 heterocycles. The first-order valence-electron chi connectivity index (χ1n) is 10.4. The number of rotatable bonds is 16. The number of primary amides is 2. The van der Waals surface area contributed by atoms with Crippen LogP contribution in [-0.4, -0.2) is 64.3 Å². The van der Waals surface area contributed by atoms with Crippen molar-refractivity contribution in [1.29, 1.82) is 0 Å². The van der Waals surface area contributed by atoms with Crippen LogP contribution in [0.1, 0.15) is 58.8 Å². The Bertz CT molecular complexity index is 619. The molecule has 31 heavy (non-hydrogen) atoms. The summed E-state index contributed by atoms with van der Waals surface area (Å²) in [4.78, 5) is 59.2. The average Bonchev–Trinajstić information content (AvgIpc) is 2.71. The highest BCUT2D eigenvalue weighted by molar-refractivity contribution is 14.1. The van der Waals surface area contributed by atoms with Crippen LogP contribution in [0.3, 0.4) is 0 Å². The highest BCUT2D eigenvalue weighted by Gasteiger charge is 2.22. The Morgan fingerprint density at radius 3 is 2.13 bits per heavy atom. The van der Waals surface area contributed by atoms with Gasteiger partial charge in [0, 0.05) is 13.0 Å². The molecule has 0 saturated carbocycles. The summed E-state index contributed by atoms with van der Waals surface area (Å²) < 4.78 is 0.274. The highest BCUT2D eigenvalue weighted by atomic mass is 127. The molecule has 178 valence electrons. The first-order valence-corrected chi connectivity index (χ1v) is 11.9. The Kier molecular flexibility index (Phi) is 15.4. The van der Waals surface area contributed by atoms with Crippen LogP contribution in [0.2, 0.25) is 0 Å². The number of carbonyl (C=O) groups is 5. The second kappa shape index (κ2) is 16.6. The van der Waals surface area contributed by atoms with E-state index in [0.717, 1.165) is 25.7 Å². The van der Waals surface area contributed by atoms with E-state index in [4.69, 9.17) is 11.5 Å². The second-order valence-electron chi connectivity index (χ2n) is 7.19. The fourth-order valence-corrected chi connectivity index (χ4v) is 3.16. The van der Waals surface area contributed by atoms with Crippen LogP contribution < -0.4 is 27.4 Å². The Labute approximate surface area is 196 Å². The molecule has 0 radical (unpaired) electrons. The number of halogens is 1. The van der Waals surface area contributed by atoms with Crippen LogP contribution >= 0.6 is 22.6 Å². The third-order valence-electron chi connectivity index (χ3n) is 4.48. The number of carbonyl (C=O) groups excluding carboxylic acids is 5. The van der Waals surface area contributed by atoms with E-state index in [1.165, 1.54) is 4.90 Å². The summed E-state index contributed by atoms with van der Waals surface area (Å²) >= 11 is 1.94. The van der Waals surface area contributed by atoms with Gasteiger partial charge in [0.1, 0.15) is 18.6 Å². The highest BCUT2D eigenvalue weighted by Crippen LogP contribution is 2.05. The van der Waals surface area contributed by atoms with Crippen molar-refractivity contribution in [3.05, 3.63) is 0 Å². The Morgan fingerprint density at radius 1 is 0.968 bits per heavy atom. The molecular weight excluding hydrogens is 519 g/mol. The van der Waals surface area contributed by atoms with Gasteiger partial charge >= 0.3 is 6.03 Å². The molecule has 7 N–H and O–H groups in total. The molecule has 0 aliphatic heterocycles. The van der Waals surface area contributed by atoms with Crippen molar-refractivity contribution in [1.82, 2.24) is 20.9 Å². The molecule has 2 atom stereocenters. The number of urea groups is 1. The summed E-state index contributed by atoms with van der Waals surface area (Å²) in [5, 5.41) is 7.96. The maximum Gasteiger partial charge on any atom is 0.319 e. The van der Waals surface area contributed by atoms with E-state index in [0.29, 0.717) is 25.8 Å². The second-order valence-corrected chi connectivity index (χ2v) is 7.88. The fraction of sp³-hybridized carbons (Fsp3) is 0.737. The van der Waals surface area contributed by atoms with Gasteiger partial charge in [-0.2, -0.15) is 0 Å². The quantitative estimate of drug-likeness (QED) is 0.0786. The number of alkyl halides is 1. The number of unbranched alkanes of at least 4 members (excludes halogenated alkanes) is 4. The van der Waals surface area contributed by atoms with Gasteiger partial charge < -0.3 is 32.3 Å². The van der Waals surface area contributed by atoms with Crippen molar-refractivity contribution in [2.24, 2.45) is 11.5 Å². The first kappa shape index (κ1) is 28.9. The van der Waals surface area contributed by atoms with Gasteiger partial charge in [0.2, 0.25) is 23.6 Å². The molecule has 0 rings (SSSR count). The van der Waals surface area contributed by atoms with E-state index in [-0.39, 0.29) is 22.9 Å². The number of amides is 6. The molecule has 0 aromatic heterocycles. The Morgan fingerprint density at radius 2 is 1.58 bits per heavy atom. The number of nitrogens with two attached hydrogens (primary N) is 2. The molecule has 0 saturated heterocycles. The molecule has 0 aromatic carbocycles. The molecule has 0 spiro atoms. The lowest BCUT2D eigenvalue weighted by Gasteiger charge is -2.23. The third kappa shape index (κ3) is 13.7. The monoisotopic (exact) mass is 554 g/mol. The normalized spacial score (nSPS) is 12.4. The van der Waals surface area contributed by atoms with Gasteiger partial charge in [0.15, 0.2) is 0 Å². The van der Waals surface area contributed by atoms with Crippen molar-refractivity contribution in [3.8, 4) is 0 Å². The zero-order valence-electron chi connectivity index (χ0n) is 18.2. The van der Waals surface area contributed by atoms with Crippen molar-refractivity contribution in [2.45, 2.75) is 70.9 Å². The summed E-state index contributed by atoms with van der Waals surface area (Å²) in [5.74, 6) is -1.65. The van der Waals surface area contributed by atoms with E-state index < -0.39 is 29.9 Å². The van der Waals surface area contributed by atoms with Crippen LogP contribution in [-0.2, 0) is 19.2 Å². The summed E-state index contributed by atoms with van der Waals surface area (Å²) in [6.07, 6.45) is 4.93. The van der Waals surface area contributed by atoms with Gasteiger partial charge in [-0.1, -0.05) is 48.8 Å². The third-order valence-corrected chi connectivity index (χ3v) is 5.31. The van der Waals surface area contributed by atoms with Crippen molar-refractivity contribution in [3.63, 3.8) is 0 Å². The van der Waals surface area contributed by atoms with E-state index in [2.05, 4.69) is 16.0 Å². The predicted octanol–water partition coefficient (Wildman–Crippen LogP) is 0.101. The topological polar surface area (TPSA) is 177 Å². The van der Waals surface area contributed by atoms with Gasteiger partial charge in [-0.05, 0) is 26.2 Å². The molecule has 0 aliphatic carbocycles. The van der Waals surface area contributed by atoms with Crippen LogP contribution in [0.25, 0.3) is 0 Å². The molecule has 0 fully saturated rings. The maximum absolute atomic E-state index is 12.3. The zero-order valence-corrected chi connectivity index (χ0v) is 20.4. The lowest BCUT2D eigenvalue weighted by atomic mass is 10.1. The Balaban J connectivity index is 4.01. The molecule has 6 amide bonds. The largest absolute Gasteiger partial charge is 0.368 e. The molecule has 0 bridgehead atoms. The standard InChI is InChI=1S/C19H35IN6O5/c1-3-14(25-19(31)26(12-20)11-15(21)27)18(30)23-10-8-6-4-5-7-9-16(28)24-13(2)17(22)29/h13-14H,3-12H2,1-2H3,(H2,21,27)(H2,22,29)(H,23,30)(H,24,28)(H,25,31)/t13-,14-/m0/s1. The average molecular weight is 554 g/mol. The predicted molar refractivity (Wildman–Crippen MR) is 125 cm³/mol. The lowest BCUT2D eigenvalue weighted by molar-refractivity contribution is -0.127. The summed E-state index contributed by atoms with van der Waals surface area (Å²) in [6.45, 7) is 3.61. The summed E-state index contributed by atoms with van der Waals surface area (Å²) in [5.41, 5.74) is 10.2. The summed E-state index contributed by atoms with van der Waals surface area (Å²) in [6, 6.07) is -1.86. The SMILES string of the molecule is CC[C@H](NC(=O)N(CI)CC(N)=O)C(=O)NCCCCCCCC(=O)N[C@@H](C)C(N)=O. The molecule has 11 nitrogen and oxygen atoms in total. The van der Waals surface area contributed by atoms with Gasteiger partial charge in [-0.3, -0.25) is 19.2 Å². The number of hydrogen-bond donors (Lipinski definition) is 5. The first-order chi connectivity index (χ1) is 14.6. The Hall–Kier alpha value is -2.12. The molecule has 0 aliphatic rings. The number of hydrogen-bond acceptors (Lipinski definition) is 5. The molecular formula is C19H35IN6O5. The fourth-order valence-electron chi connectivity index (χ4n) is 2.61. The maximum atomic E-state index is 12.3. The lowest BCUT2D eigenvalue weighted by Crippen LogP contribution is -2.52. The zero-order chi connectivity index (χ0) is 23.8. The smallest absolute Gasteiger partial charge is 0.319 e. The minimum absolute atomic E-state index is 0.192. The van der Waals surface area contributed by atoms with E-state index in [1.54, 1.807) is 13.8 Å². The van der Waals surface area contributed by atoms with Crippen LogP contribution in [0, 0.1) is 0 Å². The van der Waals surface area contributed by atoms with Crippen molar-refractivity contribution >= 4 is 52.3 Å². The minimum Gasteiger partial charge on any atom is -0.368 e. The van der Waals surface area contributed by atoms with Crippen LogP contribution in [0.15, 0.2) is 0 Å². The van der Waals surface area contributed by atoms with Gasteiger partial charge in [-0.15, -0.1) is 0 Å². The molecule has 12 heteroatoms. The molecule has 0 aromatic rings.